The van der Waals surface area contributed by atoms with E-state index in [1.165, 1.54) is 28.2 Å². The number of hydrogen-bond donors (Lipinski definition) is 1. The number of hydrogen-bond acceptors (Lipinski definition) is 4. The maximum absolute atomic E-state index is 5.69. The molecule has 1 aromatic heterocycles. The van der Waals surface area contributed by atoms with E-state index in [0.29, 0.717) is 0 Å². The molecule has 2 rings (SSSR count). The highest BCUT2D eigenvalue weighted by Gasteiger charge is 2.10. The molecule has 0 saturated carbocycles. The summed E-state index contributed by atoms with van der Waals surface area (Å²) in [6, 6.07) is 6.39. The first-order valence-electron chi connectivity index (χ1n) is 5.10. The Morgan fingerprint density at radius 2 is 2.06 bits per heavy atom. The summed E-state index contributed by atoms with van der Waals surface area (Å²) in [5.41, 5.74) is 9.37. The van der Waals surface area contributed by atoms with Crippen LogP contribution in [-0.2, 0) is 0 Å². The zero-order valence-corrected chi connectivity index (χ0v) is 10.5. The largest absolute Gasteiger partial charge is 0.389 e. The highest BCUT2D eigenvalue weighted by atomic mass is 32.1. The van der Waals surface area contributed by atoms with E-state index < -0.39 is 0 Å². The number of aromatic nitrogens is 1. The van der Waals surface area contributed by atoms with Gasteiger partial charge >= 0.3 is 0 Å². The van der Waals surface area contributed by atoms with Crippen molar-refractivity contribution in [2.45, 2.75) is 13.8 Å². The quantitative estimate of drug-likeness (QED) is 0.866. The van der Waals surface area contributed by atoms with Crippen LogP contribution in [-0.4, -0.2) is 12.0 Å². The average Bonchev–Trinajstić information content (AvgIpc) is 2.64. The van der Waals surface area contributed by atoms with Gasteiger partial charge in [-0.3, -0.25) is 0 Å². The Labute approximate surface area is 99.5 Å². The van der Waals surface area contributed by atoms with Crippen molar-refractivity contribution in [1.82, 2.24) is 4.98 Å². The van der Waals surface area contributed by atoms with Crippen LogP contribution < -0.4 is 10.6 Å². The van der Waals surface area contributed by atoms with Crippen molar-refractivity contribution in [3.8, 4) is 0 Å². The second-order valence-electron chi connectivity index (χ2n) is 3.89. The molecule has 0 fully saturated rings. The van der Waals surface area contributed by atoms with Gasteiger partial charge in [-0.2, -0.15) is 0 Å². The van der Waals surface area contributed by atoms with E-state index in [2.05, 4.69) is 41.9 Å². The van der Waals surface area contributed by atoms with Crippen molar-refractivity contribution in [2.75, 3.05) is 17.7 Å². The standard InChI is InChI=1S/C12H15N3S/c1-8-4-5-10(9(2)6-8)15(3)12-14-7-11(13)16-12/h4-7H,13H2,1-3H3. The number of rotatable bonds is 2. The molecule has 0 saturated heterocycles. The molecule has 0 atom stereocenters. The van der Waals surface area contributed by atoms with Gasteiger partial charge in [0.25, 0.3) is 0 Å². The number of benzene rings is 1. The fraction of sp³-hybridized carbons (Fsp3) is 0.250. The van der Waals surface area contributed by atoms with Crippen molar-refractivity contribution in [1.29, 1.82) is 0 Å². The first-order chi connectivity index (χ1) is 7.58. The van der Waals surface area contributed by atoms with E-state index in [9.17, 15) is 0 Å². The fourth-order valence-electron chi connectivity index (χ4n) is 1.72. The van der Waals surface area contributed by atoms with E-state index in [-0.39, 0.29) is 0 Å². The maximum Gasteiger partial charge on any atom is 0.191 e. The van der Waals surface area contributed by atoms with Crippen LogP contribution in [0.15, 0.2) is 24.4 Å². The Kier molecular flexibility index (Phi) is 2.83. The molecule has 4 heteroatoms. The van der Waals surface area contributed by atoms with Crippen LogP contribution in [0, 0.1) is 13.8 Å². The van der Waals surface area contributed by atoms with Crippen molar-refractivity contribution in [3.05, 3.63) is 35.5 Å². The Morgan fingerprint density at radius 1 is 1.31 bits per heavy atom. The van der Waals surface area contributed by atoms with Crippen molar-refractivity contribution >= 4 is 27.2 Å². The molecular weight excluding hydrogens is 218 g/mol. The fourth-order valence-corrected chi connectivity index (χ4v) is 2.37. The first kappa shape index (κ1) is 11.0. The van der Waals surface area contributed by atoms with Gasteiger partial charge in [0, 0.05) is 12.7 Å². The SMILES string of the molecule is Cc1ccc(N(C)c2ncc(N)s2)c(C)c1. The summed E-state index contributed by atoms with van der Waals surface area (Å²) in [5.74, 6) is 0. The zero-order valence-electron chi connectivity index (χ0n) is 9.69. The lowest BCUT2D eigenvalue weighted by Gasteiger charge is -2.18. The molecule has 2 aromatic rings. The van der Waals surface area contributed by atoms with Crippen molar-refractivity contribution in [2.24, 2.45) is 0 Å². The van der Waals surface area contributed by atoms with Gasteiger partial charge < -0.3 is 10.6 Å². The van der Waals surface area contributed by atoms with Gasteiger partial charge in [0.15, 0.2) is 5.13 Å². The predicted octanol–water partition coefficient (Wildman–Crippen LogP) is 3.11. The second-order valence-corrected chi connectivity index (χ2v) is 4.93. The molecule has 0 spiro atoms. The van der Waals surface area contributed by atoms with Crippen LogP contribution in [0.1, 0.15) is 11.1 Å². The third kappa shape index (κ3) is 2.02. The highest BCUT2D eigenvalue weighted by Crippen LogP contribution is 2.31. The normalized spacial score (nSPS) is 10.4. The third-order valence-corrected chi connectivity index (χ3v) is 3.41. The monoisotopic (exact) mass is 233 g/mol. The molecule has 0 unspecified atom stereocenters. The lowest BCUT2D eigenvalue weighted by atomic mass is 10.1. The number of nitrogens with two attached hydrogens (primary N) is 1. The summed E-state index contributed by atoms with van der Waals surface area (Å²) in [5, 5.41) is 1.66. The van der Waals surface area contributed by atoms with Crippen LogP contribution in [0.4, 0.5) is 15.8 Å². The average molecular weight is 233 g/mol. The number of aryl methyl sites for hydroxylation is 2. The molecule has 0 aliphatic rings. The minimum atomic E-state index is 0.742. The minimum Gasteiger partial charge on any atom is -0.389 e. The summed E-state index contributed by atoms with van der Waals surface area (Å²) in [7, 11) is 2.01. The predicted molar refractivity (Wildman–Crippen MR) is 70.5 cm³/mol. The van der Waals surface area contributed by atoms with Crippen LogP contribution in [0.2, 0.25) is 0 Å². The summed E-state index contributed by atoms with van der Waals surface area (Å²) >= 11 is 1.50. The molecule has 0 aliphatic carbocycles. The molecule has 16 heavy (non-hydrogen) atoms. The molecule has 84 valence electrons. The third-order valence-electron chi connectivity index (χ3n) is 2.51. The van der Waals surface area contributed by atoms with Gasteiger partial charge in [0.1, 0.15) is 5.00 Å². The Bertz CT molecular complexity index is 505. The molecule has 2 N–H and O–H groups in total. The summed E-state index contributed by atoms with van der Waals surface area (Å²) in [6.07, 6.45) is 1.69. The van der Waals surface area contributed by atoms with Gasteiger partial charge in [0.2, 0.25) is 0 Å². The van der Waals surface area contributed by atoms with E-state index >= 15 is 0 Å². The first-order valence-corrected chi connectivity index (χ1v) is 5.92. The van der Waals surface area contributed by atoms with Gasteiger partial charge in [-0.25, -0.2) is 4.98 Å². The molecule has 3 nitrogen and oxygen atoms in total. The number of anilines is 3. The summed E-state index contributed by atoms with van der Waals surface area (Å²) < 4.78 is 0. The Balaban J connectivity index is 2.37. The molecule has 1 heterocycles. The van der Waals surface area contributed by atoms with Gasteiger partial charge in [-0.15, -0.1) is 0 Å². The lowest BCUT2D eigenvalue weighted by molar-refractivity contribution is 1.15. The van der Waals surface area contributed by atoms with Crippen LogP contribution in [0.25, 0.3) is 0 Å². The Morgan fingerprint density at radius 3 is 2.62 bits per heavy atom. The van der Waals surface area contributed by atoms with E-state index in [1.54, 1.807) is 6.20 Å². The summed E-state index contributed by atoms with van der Waals surface area (Å²) in [6.45, 7) is 4.20. The summed E-state index contributed by atoms with van der Waals surface area (Å²) in [4.78, 5) is 6.34. The van der Waals surface area contributed by atoms with E-state index in [0.717, 1.165) is 10.1 Å². The van der Waals surface area contributed by atoms with Gasteiger partial charge in [-0.05, 0) is 25.5 Å². The lowest BCUT2D eigenvalue weighted by Crippen LogP contribution is -2.10. The highest BCUT2D eigenvalue weighted by molar-refractivity contribution is 7.19. The maximum atomic E-state index is 5.69. The van der Waals surface area contributed by atoms with E-state index in [4.69, 9.17) is 5.73 Å². The van der Waals surface area contributed by atoms with Crippen LogP contribution >= 0.6 is 11.3 Å². The van der Waals surface area contributed by atoms with Gasteiger partial charge in [0.05, 0.1) is 6.20 Å². The smallest absolute Gasteiger partial charge is 0.191 e. The minimum absolute atomic E-state index is 0.742. The van der Waals surface area contributed by atoms with Crippen LogP contribution in [0.3, 0.4) is 0 Å². The zero-order chi connectivity index (χ0) is 11.7. The Hall–Kier alpha value is -1.55. The van der Waals surface area contributed by atoms with Crippen molar-refractivity contribution < 1.29 is 0 Å². The molecule has 1 aromatic carbocycles. The number of nitrogen functional groups attached to an aromatic ring is 1. The molecule has 0 radical (unpaired) electrons. The molecule has 0 bridgehead atoms. The van der Waals surface area contributed by atoms with Crippen LogP contribution in [0.5, 0.6) is 0 Å². The number of nitrogens with zero attached hydrogens (tertiary/aromatic N) is 2. The number of thiazole rings is 1. The molecule has 0 amide bonds. The van der Waals surface area contributed by atoms with Gasteiger partial charge in [-0.1, -0.05) is 29.0 Å². The topological polar surface area (TPSA) is 42.2 Å². The van der Waals surface area contributed by atoms with E-state index in [1.807, 2.05) is 7.05 Å². The molecular formula is C12H15N3S. The second kappa shape index (κ2) is 4.14. The van der Waals surface area contributed by atoms with Crippen molar-refractivity contribution in [3.63, 3.8) is 0 Å². The molecule has 0 aliphatic heterocycles.